The first-order valence-corrected chi connectivity index (χ1v) is 9.54. The number of piperazine rings is 1. The molecule has 2 heterocycles. The summed E-state index contributed by atoms with van der Waals surface area (Å²) in [5.74, 6) is -0.896. The molecule has 1 aromatic carbocycles. The van der Waals surface area contributed by atoms with Crippen molar-refractivity contribution in [2.75, 3.05) is 38.5 Å². The van der Waals surface area contributed by atoms with Gasteiger partial charge in [0.2, 0.25) is 0 Å². The molecule has 0 atom stereocenters. The average Bonchev–Trinajstić information content (AvgIpc) is 2.68. The third kappa shape index (κ3) is 4.42. The number of carbonyl (C=O) groups is 1. The molecule has 0 spiro atoms. The Morgan fingerprint density at radius 3 is 2.34 bits per heavy atom. The largest absolute Gasteiger partial charge is 0.384 e. The van der Waals surface area contributed by atoms with Crippen molar-refractivity contribution in [1.29, 1.82) is 0 Å². The highest BCUT2D eigenvalue weighted by atomic mass is 35.5. The van der Waals surface area contributed by atoms with Crippen LogP contribution in [0.4, 0.5) is 10.2 Å². The molecule has 1 aliphatic rings. The maximum Gasteiger partial charge on any atom is 0.332 e. The summed E-state index contributed by atoms with van der Waals surface area (Å²) >= 11 is 6.09. The molecule has 3 rings (SSSR count). The van der Waals surface area contributed by atoms with Gasteiger partial charge in [-0.25, -0.2) is 9.18 Å². The first kappa shape index (κ1) is 21.2. The van der Waals surface area contributed by atoms with E-state index < -0.39 is 17.0 Å². The van der Waals surface area contributed by atoms with Crippen LogP contribution in [-0.2, 0) is 20.6 Å². The van der Waals surface area contributed by atoms with Crippen LogP contribution < -0.4 is 17.0 Å². The van der Waals surface area contributed by atoms with Crippen LogP contribution in [0, 0.1) is 5.82 Å². The summed E-state index contributed by atoms with van der Waals surface area (Å²) in [6.07, 6.45) is 0. The van der Waals surface area contributed by atoms with Crippen molar-refractivity contribution in [3.63, 3.8) is 0 Å². The predicted octanol–water partition coefficient (Wildman–Crippen LogP) is 0.459. The topological polar surface area (TPSA) is 93.6 Å². The Bertz CT molecular complexity index is 1060. The SMILES string of the molecule is Cn1c(N)c(C(=O)CN2CCN(Cc3ccc(F)cc3Cl)CC2)c(=O)n(C)c1=O. The van der Waals surface area contributed by atoms with Gasteiger partial charge in [-0.05, 0) is 17.7 Å². The molecular weight excluding hydrogens is 401 g/mol. The highest BCUT2D eigenvalue weighted by Gasteiger charge is 2.24. The lowest BCUT2D eigenvalue weighted by molar-refractivity contribution is 0.0842. The molecule has 0 radical (unpaired) electrons. The van der Waals surface area contributed by atoms with Crippen molar-refractivity contribution in [2.45, 2.75) is 6.54 Å². The van der Waals surface area contributed by atoms with Crippen LogP contribution in [0.25, 0.3) is 0 Å². The Kier molecular flexibility index (Phi) is 6.21. The number of nitrogens with two attached hydrogens (primary N) is 1. The lowest BCUT2D eigenvalue weighted by Gasteiger charge is -2.34. The van der Waals surface area contributed by atoms with Gasteiger partial charge in [0, 0.05) is 51.8 Å². The number of hydrogen-bond donors (Lipinski definition) is 1. The highest BCUT2D eigenvalue weighted by molar-refractivity contribution is 6.31. The van der Waals surface area contributed by atoms with E-state index in [1.54, 1.807) is 6.07 Å². The first-order valence-electron chi connectivity index (χ1n) is 9.16. The van der Waals surface area contributed by atoms with Crippen LogP contribution in [0.5, 0.6) is 0 Å². The second-order valence-corrected chi connectivity index (χ2v) is 7.58. The number of ketones is 1. The highest BCUT2D eigenvalue weighted by Crippen LogP contribution is 2.20. The van der Waals surface area contributed by atoms with Crippen LogP contribution in [-0.4, -0.2) is 57.4 Å². The lowest BCUT2D eigenvalue weighted by Crippen LogP contribution is -2.48. The number of aromatic nitrogens is 2. The molecule has 29 heavy (non-hydrogen) atoms. The van der Waals surface area contributed by atoms with E-state index >= 15 is 0 Å². The summed E-state index contributed by atoms with van der Waals surface area (Å²) in [6, 6.07) is 4.35. The molecule has 1 fully saturated rings. The summed E-state index contributed by atoms with van der Waals surface area (Å²) in [5, 5.41) is 0.392. The second kappa shape index (κ2) is 8.48. The lowest BCUT2D eigenvalue weighted by atomic mass is 10.1. The molecule has 0 saturated carbocycles. The van der Waals surface area contributed by atoms with E-state index in [9.17, 15) is 18.8 Å². The van der Waals surface area contributed by atoms with Crippen LogP contribution in [0.1, 0.15) is 15.9 Å². The molecule has 0 amide bonds. The zero-order valence-electron chi connectivity index (χ0n) is 16.3. The van der Waals surface area contributed by atoms with Crippen molar-refractivity contribution in [1.82, 2.24) is 18.9 Å². The zero-order chi connectivity index (χ0) is 21.3. The molecule has 156 valence electrons. The Morgan fingerprint density at radius 2 is 1.72 bits per heavy atom. The van der Waals surface area contributed by atoms with Crippen LogP contribution in [0.2, 0.25) is 5.02 Å². The molecule has 2 aromatic rings. The summed E-state index contributed by atoms with van der Waals surface area (Å²) in [5.41, 5.74) is 5.29. The van der Waals surface area contributed by atoms with E-state index in [1.165, 1.54) is 26.2 Å². The number of nitrogen functional groups attached to an aromatic ring is 1. The fraction of sp³-hybridized carbons (Fsp3) is 0.421. The van der Waals surface area contributed by atoms with Gasteiger partial charge < -0.3 is 5.73 Å². The van der Waals surface area contributed by atoms with Crippen LogP contribution >= 0.6 is 11.6 Å². The molecule has 0 unspecified atom stereocenters. The van der Waals surface area contributed by atoms with Crippen molar-refractivity contribution < 1.29 is 9.18 Å². The summed E-state index contributed by atoms with van der Waals surface area (Å²) in [7, 11) is 2.74. The van der Waals surface area contributed by atoms with E-state index in [4.69, 9.17) is 17.3 Å². The van der Waals surface area contributed by atoms with Gasteiger partial charge >= 0.3 is 5.69 Å². The van der Waals surface area contributed by atoms with Gasteiger partial charge in [-0.1, -0.05) is 17.7 Å². The zero-order valence-corrected chi connectivity index (χ0v) is 17.1. The normalized spacial score (nSPS) is 15.6. The van der Waals surface area contributed by atoms with E-state index in [1.807, 2.05) is 4.90 Å². The Hall–Kier alpha value is -2.49. The molecule has 0 bridgehead atoms. The average molecular weight is 424 g/mol. The van der Waals surface area contributed by atoms with Gasteiger partial charge in [0.1, 0.15) is 17.2 Å². The Labute approximate surface area is 171 Å². The number of carbonyl (C=O) groups excluding carboxylic acids is 1. The third-order valence-corrected chi connectivity index (χ3v) is 5.58. The van der Waals surface area contributed by atoms with Crippen molar-refractivity contribution in [2.24, 2.45) is 14.1 Å². The minimum atomic E-state index is -0.680. The van der Waals surface area contributed by atoms with Crippen molar-refractivity contribution in [3.8, 4) is 0 Å². The maximum atomic E-state index is 13.2. The maximum absolute atomic E-state index is 13.2. The molecule has 1 aliphatic heterocycles. The summed E-state index contributed by atoms with van der Waals surface area (Å²) in [6.45, 7) is 3.27. The fourth-order valence-electron chi connectivity index (χ4n) is 3.40. The number of hydrogen-bond acceptors (Lipinski definition) is 6. The van der Waals surface area contributed by atoms with Gasteiger partial charge in [0.05, 0.1) is 6.54 Å². The number of Topliss-reactive ketones (excluding diaryl/α,β-unsaturated/α-hetero) is 1. The number of rotatable bonds is 5. The van der Waals surface area contributed by atoms with Gasteiger partial charge in [0.15, 0.2) is 5.78 Å². The molecule has 0 aliphatic carbocycles. The third-order valence-electron chi connectivity index (χ3n) is 5.23. The molecular formula is C19H23ClFN5O3. The number of anilines is 1. The van der Waals surface area contributed by atoms with Crippen molar-refractivity contribution >= 4 is 23.2 Å². The molecule has 10 heteroatoms. The second-order valence-electron chi connectivity index (χ2n) is 7.18. The number of nitrogens with zero attached hydrogens (tertiary/aromatic N) is 4. The number of benzene rings is 1. The quantitative estimate of drug-likeness (QED) is 0.702. The molecule has 1 saturated heterocycles. The predicted molar refractivity (Wildman–Crippen MR) is 109 cm³/mol. The van der Waals surface area contributed by atoms with E-state index in [0.717, 1.165) is 14.7 Å². The standard InChI is InChI=1S/C19H23ClFN5O3/c1-23-17(22)16(18(28)24(2)19(23)29)15(27)11-26-7-5-25(6-8-26)10-12-3-4-13(21)9-14(12)20/h3-4,9H,5-8,10-11,22H2,1-2H3. The van der Waals surface area contributed by atoms with Gasteiger partial charge in [0.25, 0.3) is 5.56 Å². The van der Waals surface area contributed by atoms with Gasteiger partial charge in [-0.3, -0.25) is 28.5 Å². The van der Waals surface area contributed by atoms with Crippen LogP contribution in [0.15, 0.2) is 27.8 Å². The van der Waals surface area contributed by atoms with Crippen LogP contribution in [0.3, 0.4) is 0 Å². The van der Waals surface area contributed by atoms with Gasteiger partial charge in [-0.2, -0.15) is 0 Å². The summed E-state index contributed by atoms with van der Waals surface area (Å²) < 4.78 is 15.2. The van der Waals surface area contributed by atoms with E-state index in [0.29, 0.717) is 37.7 Å². The van der Waals surface area contributed by atoms with E-state index in [-0.39, 0.29) is 23.7 Å². The Balaban J connectivity index is 1.63. The minimum Gasteiger partial charge on any atom is -0.384 e. The molecule has 1 aromatic heterocycles. The smallest absolute Gasteiger partial charge is 0.332 e. The monoisotopic (exact) mass is 423 g/mol. The molecule has 8 nitrogen and oxygen atoms in total. The number of halogens is 2. The minimum absolute atomic E-state index is 0.0444. The summed E-state index contributed by atoms with van der Waals surface area (Å²) in [4.78, 5) is 41.0. The Morgan fingerprint density at radius 1 is 1.10 bits per heavy atom. The molecule has 2 N–H and O–H groups in total. The first-order chi connectivity index (χ1) is 13.7. The fourth-order valence-corrected chi connectivity index (χ4v) is 3.63. The van der Waals surface area contributed by atoms with Crippen molar-refractivity contribution in [3.05, 3.63) is 61.0 Å². The van der Waals surface area contributed by atoms with Gasteiger partial charge in [-0.15, -0.1) is 0 Å². The van der Waals surface area contributed by atoms with E-state index in [2.05, 4.69) is 4.90 Å².